The Labute approximate surface area is 178 Å². The van der Waals surface area contributed by atoms with E-state index in [1.165, 1.54) is 5.56 Å². The van der Waals surface area contributed by atoms with Crippen molar-refractivity contribution in [2.75, 3.05) is 51.2 Å². The standard InChI is InChI=1S/C24H29N3O3/c1-2-30-24(29)21-10-12-22(13-11-21)25-23(28)19-27-17-15-26(16-18-27)14-6-9-20-7-4-3-5-8-20/h3-13H,2,14-19H2,1H3,(H,25,28)/b9-6+. The topological polar surface area (TPSA) is 61.9 Å². The van der Waals surface area contributed by atoms with Crippen LogP contribution in [0.5, 0.6) is 0 Å². The molecule has 1 aliphatic rings. The van der Waals surface area contributed by atoms with E-state index in [0.717, 1.165) is 32.7 Å². The van der Waals surface area contributed by atoms with Crippen molar-refractivity contribution < 1.29 is 14.3 Å². The number of esters is 1. The van der Waals surface area contributed by atoms with Gasteiger partial charge in [0.05, 0.1) is 18.7 Å². The zero-order chi connectivity index (χ0) is 21.2. The number of carbonyl (C=O) groups excluding carboxylic acids is 2. The molecule has 0 atom stereocenters. The zero-order valence-corrected chi connectivity index (χ0v) is 17.4. The Morgan fingerprint density at radius 1 is 0.967 bits per heavy atom. The van der Waals surface area contributed by atoms with E-state index in [1.54, 1.807) is 31.2 Å². The first-order valence-corrected chi connectivity index (χ1v) is 10.4. The lowest BCUT2D eigenvalue weighted by atomic mass is 10.2. The van der Waals surface area contributed by atoms with Crippen LogP contribution >= 0.6 is 0 Å². The number of amides is 1. The first kappa shape index (κ1) is 21.7. The SMILES string of the molecule is CCOC(=O)c1ccc(NC(=O)CN2CCN(C/C=C/c3ccccc3)CC2)cc1. The summed E-state index contributed by atoms with van der Waals surface area (Å²) >= 11 is 0. The zero-order valence-electron chi connectivity index (χ0n) is 17.4. The summed E-state index contributed by atoms with van der Waals surface area (Å²) in [5, 5.41) is 2.89. The number of ether oxygens (including phenoxy) is 1. The maximum atomic E-state index is 12.3. The van der Waals surface area contributed by atoms with Crippen molar-refractivity contribution in [1.82, 2.24) is 9.80 Å². The number of piperazine rings is 1. The van der Waals surface area contributed by atoms with Crippen LogP contribution in [0.2, 0.25) is 0 Å². The molecule has 158 valence electrons. The Balaban J connectivity index is 1.37. The number of nitrogens with zero attached hydrogens (tertiary/aromatic N) is 2. The number of nitrogens with one attached hydrogen (secondary N) is 1. The summed E-state index contributed by atoms with van der Waals surface area (Å²) < 4.78 is 4.96. The molecule has 30 heavy (non-hydrogen) atoms. The molecule has 0 bridgehead atoms. The summed E-state index contributed by atoms with van der Waals surface area (Å²) in [4.78, 5) is 28.6. The van der Waals surface area contributed by atoms with Gasteiger partial charge in [0.25, 0.3) is 0 Å². The number of anilines is 1. The average Bonchev–Trinajstić information content (AvgIpc) is 2.76. The van der Waals surface area contributed by atoms with Crippen LogP contribution in [0.1, 0.15) is 22.8 Å². The lowest BCUT2D eigenvalue weighted by Gasteiger charge is -2.33. The molecular formula is C24H29N3O3. The van der Waals surface area contributed by atoms with Crippen LogP contribution in [0.25, 0.3) is 6.08 Å². The third kappa shape index (κ3) is 6.83. The van der Waals surface area contributed by atoms with Crippen molar-refractivity contribution in [2.24, 2.45) is 0 Å². The minimum atomic E-state index is -0.355. The normalized spacial score (nSPS) is 15.2. The first-order chi connectivity index (χ1) is 14.6. The van der Waals surface area contributed by atoms with Crippen LogP contribution in [0, 0.1) is 0 Å². The molecule has 0 unspecified atom stereocenters. The van der Waals surface area contributed by atoms with E-state index in [0.29, 0.717) is 24.4 Å². The molecule has 2 aromatic rings. The molecule has 1 saturated heterocycles. The van der Waals surface area contributed by atoms with Crippen molar-refractivity contribution in [3.05, 3.63) is 71.8 Å². The summed E-state index contributed by atoms with van der Waals surface area (Å²) in [6, 6.07) is 17.1. The molecule has 0 aromatic heterocycles. The molecule has 1 amide bonds. The second-order valence-electron chi connectivity index (χ2n) is 7.24. The number of hydrogen-bond donors (Lipinski definition) is 1. The van der Waals surface area contributed by atoms with Gasteiger partial charge in [-0.3, -0.25) is 14.6 Å². The summed E-state index contributed by atoms with van der Waals surface area (Å²) in [7, 11) is 0. The minimum absolute atomic E-state index is 0.0451. The predicted molar refractivity (Wildman–Crippen MR) is 119 cm³/mol. The molecule has 6 nitrogen and oxygen atoms in total. The van der Waals surface area contributed by atoms with Crippen molar-refractivity contribution in [3.8, 4) is 0 Å². The minimum Gasteiger partial charge on any atom is -0.462 e. The second kappa shape index (κ2) is 11.3. The summed E-state index contributed by atoms with van der Waals surface area (Å²) in [6.45, 7) is 7.03. The highest BCUT2D eigenvalue weighted by molar-refractivity contribution is 5.94. The van der Waals surface area contributed by atoms with E-state index >= 15 is 0 Å². The van der Waals surface area contributed by atoms with Crippen LogP contribution in [-0.4, -0.2) is 67.6 Å². The third-order valence-corrected chi connectivity index (χ3v) is 4.99. The van der Waals surface area contributed by atoms with E-state index in [1.807, 2.05) is 18.2 Å². The Bertz CT molecular complexity index is 842. The van der Waals surface area contributed by atoms with Crippen LogP contribution in [0.3, 0.4) is 0 Å². The lowest BCUT2D eigenvalue weighted by molar-refractivity contribution is -0.117. The molecule has 0 radical (unpaired) electrons. The van der Waals surface area contributed by atoms with Gasteiger partial charge in [-0.25, -0.2) is 4.79 Å². The predicted octanol–water partition coefficient (Wildman–Crippen LogP) is 3.13. The van der Waals surface area contributed by atoms with Crippen molar-refractivity contribution in [3.63, 3.8) is 0 Å². The second-order valence-corrected chi connectivity index (χ2v) is 7.24. The van der Waals surface area contributed by atoms with Gasteiger partial charge >= 0.3 is 5.97 Å². The van der Waals surface area contributed by atoms with Gasteiger partial charge in [-0.15, -0.1) is 0 Å². The number of hydrogen-bond acceptors (Lipinski definition) is 5. The fourth-order valence-electron chi connectivity index (χ4n) is 3.34. The molecule has 3 rings (SSSR count). The third-order valence-electron chi connectivity index (χ3n) is 4.99. The smallest absolute Gasteiger partial charge is 0.338 e. The number of rotatable bonds is 8. The number of benzene rings is 2. The van der Waals surface area contributed by atoms with Gasteiger partial charge < -0.3 is 10.1 Å². The fourth-order valence-corrected chi connectivity index (χ4v) is 3.34. The van der Waals surface area contributed by atoms with Crippen molar-refractivity contribution in [1.29, 1.82) is 0 Å². The van der Waals surface area contributed by atoms with Gasteiger partial charge in [0, 0.05) is 38.4 Å². The van der Waals surface area contributed by atoms with E-state index in [4.69, 9.17) is 4.74 Å². The molecular weight excluding hydrogens is 378 g/mol. The van der Waals surface area contributed by atoms with Crippen LogP contribution < -0.4 is 5.32 Å². The molecule has 1 heterocycles. The highest BCUT2D eigenvalue weighted by atomic mass is 16.5. The number of carbonyl (C=O) groups is 2. The highest BCUT2D eigenvalue weighted by Gasteiger charge is 2.18. The lowest BCUT2D eigenvalue weighted by Crippen LogP contribution is -2.48. The van der Waals surface area contributed by atoms with Gasteiger partial charge in [-0.1, -0.05) is 42.5 Å². The summed E-state index contributed by atoms with van der Waals surface area (Å²) in [6.07, 6.45) is 4.34. The van der Waals surface area contributed by atoms with Crippen molar-refractivity contribution >= 4 is 23.6 Å². The molecule has 0 aliphatic carbocycles. The Hall–Kier alpha value is -2.96. The largest absolute Gasteiger partial charge is 0.462 e. The van der Waals surface area contributed by atoms with Gasteiger partial charge in [0.15, 0.2) is 0 Å². The molecule has 1 aliphatic heterocycles. The van der Waals surface area contributed by atoms with Gasteiger partial charge in [-0.2, -0.15) is 0 Å². The molecule has 0 spiro atoms. The van der Waals surface area contributed by atoms with Crippen LogP contribution in [0.15, 0.2) is 60.7 Å². The van der Waals surface area contributed by atoms with E-state index in [2.05, 4.69) is 39.4 Å². The maximum Gasteiger partial charge on any atom is 0.338 e. The Morgan fingerprint density at radius 2 is 1.63 bits per heavy atom. The van der Waals surface area contributed by atoms with Gasteiger partial charge in [0.1, 0.15) is 0 Å². The molecule has 6 heteroatoms. The summed E-state index contributed by atoms with van der Waals surface area (Å²) in [5.74, 6) is -0.400. The van der Waals surface area contributed by atoms with E-state index < -0.39 is 0 Å². The maximum absolute atomic E-state index is 12.3. The quantitative estimate of drug-likeness (QED) is 0.682. The molecule has 1 N–H and O–H groups in total. The highest BCUT2D eigenvalue weighted by Crippen LogP contribution is 2.11. The molecule has 0 saturated carbocycles. The van der Waals surface area contributed by atoms with E-state index in [-0.39, 0.29) is 11.9 Å². The molecule has 1 fully saturated rings. The molecule has 2 aromatic carbocycles. The first-order valence-electron chi connectivity index (χ1n) is 10.4. The van der Waals surface area contributed by atoms with E-state index in [9.17, 15) is 9.59 Å². The van der Waals surface area contributed by atoms with Crippen molar-refractivity contribution in [2.45, 2.75) is 6.92 Å². The Morgan fingerprint density at radius 3 is 2.30 bits per heavy atom. The van der Waals surface area contributed by atoms with Crippen LogP contribution in [-0.2, 0) is 9.53 Å². The van der Waals surface area contributed by atoms with Crippen LogP contribution in [0.4, 0.5) is 5.69 Å². The van der Waals surface area contributed by atoms with Gasteiger partial charge in [0.2, 0.25) is 5.91 Å². The average molecular weight is 408 g/mol. The fraction of sp³-hybridized carbons (Fsp3) is 0.333. The summed E-state index contributed by atoms with van der Waals surface area (Å²) in [5.41, 5.74) is 2.37. The monoisotopic (exact) mass is 407 g/mol. The van der Waals surface area contributed by atoms with Gasteiger partial charge in [-0.05, 0) is 36.8 Å². The Kier molecular flexibility index (Phi) is 8.18.